The van der Waals surface area contributed by atoms with Gasteiger partial charge in [0.05, 0.1) is 5.01 Å². The van der Waals surface area contributed by atoms with Gasteiger partial charge < -0.3 is 5.32 Å². The van der Waals surface area contributed by atoms with Gasteiger partial charge in [0.25, 0.3) is 0 Å². The van der Waals surface area contributed by atoms with Crippen LogP contribution in [0.15, 0.2) is 11.6 Å². The molecular weight excluding hydrogens is 230 g/mol. The fraction of sp³-hybridized carbons (Fsp3) is 0.769. The molecule has 1 aliphatic rings. The Morgan fingerprint density at radius 2 is 2.47 bits per heavy atom. The van der Waals surface area contributed by atoms with Gasteiger partial charge in [-0.2, -0.15) is 0 Å². The Morgan fingerprint density at radius 1 is 1.65 bits per heavy atom. The van der Waals surface area contributed by atoms with Crippen LogP contribution in [0.5, 0.6) is 0 Å². The molecule has 0 radical (unpaired) electrons. The van der Waals surface area contributed by atoms with Crippen molar-refractivity contribution in [2.75, 3.05) is 19.6 Å². The van der Waals surface area contributed by atoms with Crippen molar-refractivity contribution >= 4 is 11.3 Å². The molecule has 0 amide bonds. The van der Waals surface area contributed by atoms with Crippen molar-refractivity contribution in [3.8, 4) is 0 Å². The summed E-state index contributed by atoms with van der Waals surface area (Å²) in [5.74, 6) is 0.550. The molecule has 1 aromatic rings. The van der Waals surface area contributed by atoms with Crippen molar-refractivity contribution in [2.45, 2.75) is 45.2 Å². The summed E-state index contributed by atoms with van der Waals surface area (Å²) in [6, 6.07) is 1.30. The highest BCUT2D eigenvalue weighted by molar-refractivity contribution is 7.09. The highest BCUT2D eigenvalue weighted by Gasteiger charge is 2.26. The van der Waals surface area contributed by atoms with Crippen molar-refractivity contribution in [3.63, 3.8) is 0 Å². The predicted molar refractivity (Wildman–Crippen MR) is 73.6 cm³/mol. The van der Waals surface area contributed by atoms with Gasteiger partial charge in [-0.1, -0.05) is 13.8 Å². The fourth-order valence-electron chi connectivity index (χ4n) is 2.57. The summed E-state index contributed by atoms with van der Waals surface area (Å²) in [4.78, 5) is 7.06. The van der Waals surface area contributed by atoms with Gasteiger partial charge in [0.2, 0.25) is 0 Å². The summed E-state index contributed by atoms with van der Waals surface area (Å²) in [5.41, 5.74) is 0. The van der Waals surface area contributed by atoms with E-state index in [0.717, 1.165) is 19.6 Å². The first kappa shape index (κ1) is 13.0. The van der Waals surface area contributed by atoms with Gasteiger partial charge in [0.1, 0.15) is 0 Å². The van der Waals surface area contributed by atoms with Crippen LogP contribution in [0.2, 0.25) is 0 Å². The standard InChI is InChI=1S/C13H23N3S/c1-4-12-7-15-11(3)9-16(12)8-10(2)13-14-5-6-17-13/h5-6,10-12,15H,4,7-9H2,1-3H3. The molecule has 3 nitrogen and oxygen atoms in total. The van der Waals surface area contributed by atoms with Gasteiger partial charge in [-0.15, -0.1) is 11.3 Å². The maximum Gasteiger partial charge on any atom is 0.0965 e. The summed E-state index contributed by atoms with van der Waals surface area (Å²) in [6.07, 6.45) is 3.14. The smallest absolute Gasteiger partial charge is 0.0965 e. The van der Waals surface area contributed by atoms with E-state index in [0.29, 0.717) is 18.0 Å². The Labute approximate surface area is 108 Å². The van der Waals surface area contributed by atoms with Crippen LogP contribution in [-0.4, -0.2) is 41.6 Å². The number of thiazole rings is 1. The fourth-order valence-corrected chi connectivity index (χ4v) is 3.26. The monoisotopic (exact) mass is 253 g/mol. The van der Waals surface area contributed by atoms with Crippen molar-refractivity contribution in [2.24, 2.45) is 0 Å². The molecule has 0 aliphatic carbocycles. The molecule has 1 aliphatic heterocycles. The van der Waals surface area contributed by atoms with E-state index < -0.39 is 0 Å². The summed E-state index contributed by atoms with van der Waals surface area (Å²) >= 11 is 1.78. The van der Waals surface area contributed by atoms with Gasteiger partial charge in [0.15, 0.2) is 0 Å². The summed E-state index contributed by atoms with van der Waals surface area (Å²) in [5, 5.41) is 6.91. The lowest BCUT2D eigenvalue weighted by atomic mass is 10.0. The Balaban J connectivity index is 1.95. The molecule has 2 heterocycles. The molecule has 3 atom stereocenters. The largest absolute Gasteiger partial charge is 0.311 e. The van der Waals surface area contributed by atoms with E-state index in [9.17, 15) is 0 Å². The lowest BCUT2D eigenvalue weighted by Crippen LogP contribution is -2.55. The van der Waals surface area contributed by atoms with E-state index in [4.69, 9.17) is 0 Å². The van der Waals surface area contributed by atoms with Crippen LogP contribution in [0.1, 0.15) is 38.1 Å². The van der Waals surface area contributed by atoms with Gasteiger partial charge >= 0.3 is 0 Å². The first-order valence-electron chi connectivity index (χ1n) is 6.57. The summed E-state index contributed by atoms with van der Waals surface area (Å²) in [6.45, 7) is 10.3. The second-order valence-corrected chi connectivity index (χ2v) is 6.02. The molecule has 2 rings (SSSR count). The van der Waals surface area contributed by atoms with E-state index in [1.54, 1.807) is 11.3 Å². The Morgan fingerprint density at radius 3 is 3.12 bits per heavy atom. The van der Waals surface area contributed by atoms with Gasteiger partial charge in [-0.3, -0.25) is 4.90 Å². The minimum absolute atomic E-state index is 0.550. The number of hydrogen-bond acceptors (Lipinski definition) is 4. The van der Waals surface area contributed by atoms with E-state index in [-0.39, 0.29) is 0 Å². The van der Waals surface area contributed by atoms with E-state index >= 15 is 0 Å². The molecule has 1 saturated heterocycles. The van der Waals surface area contributed by atoms with Crippen molar-refractivity contribution in [3.05, 3.63) is 16.6 Å². The van der Waals surface area contributed by atoms with Crippen LogP contribution >= 0.6 is 11.3 Å². The molecule has 0 bridgehead atoms. The first-order chi connectivity index (χ1) is 8.20. The average Bonchev–Trinajstić information content (AvgIpc) is 2.83. The highest BCUT2D eigenvalue weighted by Crippen LogP contribution is 2.21. The second kappa shape index (κ2) is 5.94. The molecule has 0 aromatic carbocycles. The molecule has 1 fully saturated rings. The predicted octanol–water partition coefficient (Wildman–Crippen LogP) is 2.32. The van der Waals surface area contributed by atoms with Crippen LogP contribution < -0.4 is 5.32 Å². The zero-order valence-electron chi connectivity index (χ0n) is 11.0. The van der Waals surface area contributed by atoms with Crippen molar-refractivity contribution < 1.29 is 0 Å². The van der Waals surface area contributed by atoms with Crippen LogP contribution in [0, 0.1) is 0 Å². The molecular formula is C13H23N3S. The van der Waals surface area contributed by atoms with Gasteiger partial charge in [0, 0.05) is 49.2 Å². The second-order valence-electron chi connectivity index (χ2n) is 5.10. The van der Waals surface area contributed by atoms with E-state index in [2.05, 4.69) is 41.4 Å². The van der Waals surface area contributed by atoms with Crippen LogP contribution in [0.25, 0.3) is 0 Å². The normalized spacial score (nSPS) is 28.2. The zero-order chi connectivity index (χ0) is 12.3. The molecule has 1 aromatic heterocycles. The quantitative estimate of drug-likeness (QED) is 0.892. The molecule has 17 heavy (non-hydrogen) atoms. The number of piperazine rings is 1. The summed E-state index contributed by atoms with van der Waals surface area (Å²) in [7, 11) is 0. The minimum Gasteiger partial charge on any atom is -0.311 e. The van der Waals surface area contributed by atoms with E-state index in [1.165, 1.54) is 11.4 Å². The van der Waals surface area contributed by atoms with Gasteiger partial charge in [-0.05, 0) is 13.3 Å². The average molecular weight is 253 g/mol. The molecule has 3 unspecified atom stereocenters. The number of hydrogen-bond donors (Lipinski definition) is 1. The maximum atomic E-state index is 4.43. The Kier molecular flexibility index (Phi) is 4.54. The Bertz CT molecular complexity index is 325. The molecule has 96 valence electrons. The van der Waals surface area contributed by atoms with E-state index in [1.807, 2.05) is 6.20 Å². The molecule has 4 heteroatoms. The Hall–Kier alpha value is -0.450. The highest BCUT2D eigenvalue weighted by atomic mass is 32.1. The van der Waals surface area contributed by atoms with Crippen molar-refractivity contribution in [1.29, 1.82) is 0 Å². The first-order valence-corrected chi connectivity index (χ1v) is 7.45. The lowest BCUT2D eigenvalue weighted by molar-refractivity contribution is 0.125. The third-order valence-corrected chi connectivity index (χ3v) is 4.59. The van der Waals surface area contributed by atoms with Crippen molar-refractivity contribution in [1.82, 2.24) is 15.2 Å². The molecule has 1 N–H and O–H groups in total. The lowest BCUT2D eigenvalue weighted by Gasteiger charge is -2.40. The summed E-state index contributed by atoms with van der Waals surface area (Å²) < 4.78 is 0. The number of rotatable bonds is 4. The zero-order valence-corrected chi connectivity index (χ0v) is 11.8. The SMILES string of the molecule is CCC1CNC(C)CN1CC(C)c1nccs1. The third-order valence-electron chi connectivity index (χ3n) is 3.58. The number of nitrogens with one attached hydrogen (secondary N) is 1. The number of aromatic nitrogens is 1. The van der Waals surface area contributed by atoms with Crippen LogP contribution in [0.3, 0.4) is 0 Å². The van der Waals surface area contributed by atoms with Crippen LogP contribution in [0.4, 0.5) is 0 Å². The topological polar surface area (TPSA) is 28.2 Å². The molecule has 0 saturated carbocycles. The van der Waals surface area contributed by atoms with Gasteiger partial charge in [-0.25, -0.2) is 4.98 Å². The molecule has 0 spiro atoms. The minimum atomic E-state index is 0.550. The van der Waals surface area contributed by atoms with Crippen LogP contribution in [-0.2, 0) is 0 Å². The third kappa shape index (κ3) is 3.27. The maximum absolute atomic E-state index is 4.43. The number of nitrogens with zero attached hydrogens (tertiary/aromatic N) is 2.